The number of H-pyrrole nitrogens is 1. The van der Waals surface area contributed by atoms with Gasteiger partial charge in [-0.3, -0.25) is 19.3 Å². The van der Waals surface area contributed by atoms with Gasteiger partial charge in [-0.2, -0.15) is 0 Å². The molecule has 0 spiro atoms. The van der Waals surface area contributed by atoms with Crippen molar-refractivity contribution >= 4 is 57.9 Å². The standard InChI is InChI=1S/C33H40Cl2FN5O5/c1-5-17(3)26(29(37)42)39-31(44)33(12-11-25-22(15-33)21-13-20(34)14-23(35)27(21)38-25)40-30(43)28(18(4)6-2)41(32(45)46)16-19-9-7-8-10-24(19)36/h7-10,13-14,17-18,26,28,38H,5-6,11-12,15-16H2,1-4H3,(H2,37,42)(H,39,44)(H,40,43)(H,45,46)/t17?,18?,26-,28-,33+/m0/s1. The number of primary amides is 1. The van der Waals surface area contributed by atoms with Gasteiger partial charge in [0.2, 0.25) is 17.7 Å². The Morgan fingerprint density at radius 3 is 2.39 bits per heavy atom. The van der Waals surface area contributed by atoms with Crippen molar-refractivity contribution in [1.29, 1.82) is 0 Å². The number of aromatic nitrogens is 1. The lowest BCUT2D eigenvalue weighted by Crippen LogP contribution is -2.67. The van der Waals surface area contributed by atoms with E-state index in [2.05, 4.69) is 15.6 Å². The molecule has 2 aromatic carbocycles. The number of rotatable bonds is 12. The SMILES string of the molecule is CCC(C)[C@H](NC(=O)[C@@]1(NC(=O)[C@H](C(C)CC)N(Cc2ccccc2F)C(=O)O)CCc2[nH]c3c(Cl)cc(Cl)cc3c2C1)C(N)=O. The van der Waals surface area contributed by atoms with E-state index in [9.17, 15) is 28.7 Å². The van der Waals surface area contributed by atoms with Crippen LogP contribution >= 0.6 is 23.2 Å². The van der Waals surface area contributed by atoms with Gasteiger partial charge in [0.25, 0.3) is 0 Å². The predicted octanol–water partition coefficient (Wildman–Crippen LogP) is 5.57. The molecule has 5 atom stereocenters. The number of hydrogen-bond acceptors (Lipinski definition) is 4. The third-order valence-electron chi connectivity index (χ3n) is 9.24. The summed E-state index contributed by atoms with van der Waals surface area (Å²) in [6.07, 6.45) is -0.0104. The number of carbonyl (C=O) groups excluding carboxylic acids is 3. The highest BCUT2D eigenvalue weighted by Gasteiger charge is 2.47. The van der Waals surface area contributed by atoms with Gasteiger partial charge >= 0.3 is 6.09 Å². The van der Waals surface area contributed by atoms with E-state index in [-0.39, 0.29) is 30.9 Å². The number of carbonyl (C=O) groups is 4. The van der Waals surface area contributed by atoms with Crippen LogP contribution in [0.5, 0.6) is 0 Å². The minimum atomic E-state index is -1.61. The van der Waals surface area contributed by atoms with Crippen LogP contribution in [0, 0.1) is 17.7 Å². The van der Waals surface area contributed by atoms with Gasteiger partial charge in [0.15, 0.2) is 0 Å². The molecular formula is C33H40Cl2FN5O5. The van der Waals surface area contributed by atoms with Gasteiger partial charge in [0, 0.05) is 28.1 Å². The van der Waals surface area contributed by atoms with Gasteiger partial charge in [-0.25, -0.2) is 9.18 Å². The van der Waals surface area contributed by atoms with E-state index >= 15 is 0 Å². The molecule has 1 aromatic heterocycles. The van der Waals surface area contributed by atoms with Gasteiger partial charge < -0.3 is 26.5 Å². The summed E-state index contributed by atoms with van der Waals surface area (Å²) in [5.74, 6) is -3.47. The van der Waals surface area contributed by atoms with Crippen molar-refractivity contribution in [3.63, 3.8) is 0 Å². The molecule has 248 valence electrons. The number of amides is 4. The van der Waals surface area contributed by atoms with Crippen molar-refractivity contribution in [2.24, 2.45) is 17.6 Å². The van der Waals surface area contributed by atoms with Crippen LogP contribution in [0.25, 0.3) is 10.9 Å². The second kappa shape index (κ2) is 14.3. The van der Waals surface area contributed by atoms with E-state index in [1.807, 2.05) is 13.8 Å². The Morgan fingerprint density at radius 1 is 1.11 bits per heavy atom. The first-order valence-electron chi connectivity index (χ1n) is 15.4. The zero-order valence-electron chi connectivity index (χ0n) is 26.3. The van der Waals surface area contributed by atoms with Gasteiger partial charge in [0.05, 0.1) is 17.1 Å². The second-order valence-corrected chi connectivity index (χ2v) is 13.1. The Balaban J connectivity index is 1.80. The number of nitrogens with zero attached hydrogens (tertiary/aromatic N) is 1. The van der Waals surface area contributed by atoms with Crippen LogP contribution in [0.1, 0.15) is 63.8 Å². The molecule has 0 fully saturated rings. The molecule has 3 aromatic rings. The van der Waals surface area contributed by atoms with Crippen LogP contribution in [0.2, 0.25) is 10.0 Å². The highest BCUT2D eigenvalue weighted by atomic mass is 35.5. The zero-order valence-corrected chi connectivity index (χ0v) is 27.8. The average molecular weight is 677 g/mol. The highest BCUT2D eigenvalue weighted by Crippen LogP contribution is 2.38. The fourth-order valence-corrected chi connectivity index (χ4v) is 6.71. The summed E-state index contributed by atoms with van der Waals surface area (Å²) in [6, 6.07) is 6.80. The molecule has 4 rings (SSSR count). The molecule has 0 saturated carbocycles. The van der Waals surface area contributed by atoms with Crippen LogP contribution in [0.4, 0.5) is 9.18 Å². The molecule has 1 heterocycles. The molecular weight excluding hydrogens is 636 g/mol. The van der Waals surface area contributed by atoms with E-state index in [0.29, 0.717) is 45.8 Å². The van der Waals surface area contributed by atoms with Crippen LogP contribution < -0.4 is 16.4 Å². The molecule has 2 unspecified atom stereocenters. The van der Waals surface area contributed by atoms with Crippen molar-refractivity contribution in [2.45, 2.75) is 84.0 Å². The van der Waals surface area contributed by atoms with Crippen LogP contribution in [0.15, 0.2) is 36.4 Å². The molecule has 0 bridgehead atoms. The van der Waals surface area contributed by atoms with Crippen LogP contribution in [0.3, 0.4) is 0 Å². The Labute approximate surface area is 277 Å². The van der Waals surface area contributed by atoms with E-state index in [1.54, 1.807) is 32.0 Å². The topological polar surface area (TPSA) is 158 Å². The quantitative estimate of drug-likeness (QED) is 0.170. The number of fused-ring (bicyclic) bond motifs is 3. The third-order valence-corrected chi connectivity index (χ3v) is 9.75. The molecule has 13 heteroatoms. The summed E-state index contributed by atoms with van der Waals surface area (Å²) in [6.45, 7) is 6.81. The number of carboxylic acid groups (broad SMARTS) is 1. The number of aryl methyl sites for hydroxylation is 1. The third kappa shape index (κ3) is 7.10. The molecule has 0 aliphatic heterocycles. The largest absolute Gasteiger partial charge is 0.465 e. The lowest BCUT2D eigenvalue weighted by atomic mass is 9.78. The van der Waals surface area contributed by atoms with Gasteiger partial charge in [-0.05, 0) is 48.4 Å². The van der Waals surface area contributed by atoms with E-state index in [1.165, 1.54) is 18.2 Å². The van der Waals surface area contributed by atoms with Crippen molar-refractivity contribution in [3.8, 4) is 0 Å². The molecule has 4 amide bonds. The maximum absolute atomic E-state index is 14.6. The Bertz CT molecular complexity index is 1650. The summed E-state index contributed by atoms with van der Waals surface area (Å²) in [5, 5.41) is 17.4. The molecule has 46 heavy (non-hydrogen) atoms. The minimum absolute atomic E-state index is 0.00379. The number of hydrogen-bond donors (Lipinski definition) is 5. The Morgan fingerprint density at radius 2 is 1.78 bits per heavy atom. The average Bonchev–Trinajstić information content (AvgIpc) is 3.37. The number of nitrogens with two attached hydrogens (primary N) is 1. The van der Waals surface area contributed by atoms with Gasteiger partial charge in [-0.1, -0.05) is 81.9 Å². The Hall–Kier alpha value is -3.83. The van der Waals surface area contributed by atoms with Gasteiger partial charge in [0.1, 0.15) is 23.4 Å². The summed E-state index contributed by atoms with van der Waals surface area (Å²) in [4.78, 5) is 57.9. The fourth-order valence-electron chi connectivity index (χ4n) is 6.17. The Kier molecular flexibility index (Phi) is 10.9. The smallest absolute Gasteiger partial charge is 0.408 e. The fraction of sp³-hybridized carbons (Fsp3) is 0.455. The van der Waals surface area contributed by atoms with Crippen molar-refractivity contribution in [1.82, 2.24) is 20.5 Å². The predicted molar refractivity (Wildman–Crippen MR) is 175 cm³/mol. The molecule has 10 nitrogen and oxygen atoms in total. The van der Waals surface area contributed by atoms with Crippen LogP contribution in [-0.2, 0) is 33.8 Å². The summed E-state index contributed by atoms with van der Waals surface area (Å²) < 4.78 is 14.6. The van der Waals surface area contributed by atoms with E-state index in [4.69, 9.17) is 28.9 Å². The first-order valence-corrected chi connectivity index (χ1v) is 16.1. The molecule has 0 radical (unpaired) electrons. The first-order chi connectivity index (χ1) is 21.7. The van der Waals surface area contributed by atoms with Crippen molar-refractivity contribution in [2.75, 3.05) is 0 Å². The maximum Gasteiger partial charge on any atom is 0.408 e. The monoisotopic (exact) mass is 675 g/mol. The summed E-state index contributed by atoms with van der Waals surface area (Å²) in [7, 11) is 0. The van der Waals surface area contributed by atoms with E-state index < -0.39 is 53.2 Å². The van der Waals surface area contributed by atoms with Crippen molar-refractivity contribution < 1.29 is 28.7 Å². The minimum Gasteiger partial charge on any atom is -0.465 e. The summed E-state index contributed by atoms with van der Waals surface area (Å²) in [5.41, 5.74) is 6.34. The first kappa shape index (κ1) is 35.0. The maximum atomic E-state index is 14.6. The number of aromatic amines is 1. The zero-order chi connectivity index (χ0) is 33.9. The lowest BCUT2D eigenvalue weighted by molar-refractivity contribution is -0.139. The van der Waals surface area contributed by atoms with Crippen LogP contribution in [-0.4, -0.2) is 56.4 Å². The van der Waals surface area contributed by atoms with Crippen molar-refractivity contribution in [3.05, 3.63) is 69.1 Å². The summed E-state index contributed by atoms with van der Waals surface area (Å²) >= 11 is 12.8. The van der Waals surface area contributed by atoms with Gasteiger partial charge in [-0.15, -0.1) is 0 Å². The number of benzene rings is 2. The normalized spacial score (nSPS) is 18.6. The highest BCUT2D eigenvalue weighted by molar-refractivity contribution is 6.38. The number of nitrogens with one attached hydrogen (secondary N) is 3. The lowest BCUT2D eigenvalue weighted by Gasteiger charge is -2.41. The number of halogens is 3. The second-order valence-electron chi connectivity index (χ2n) is 12.2. The molecule has 1 aliphatic rings. The molecule has 1 aliphatic carbocycles. The molecule has 0 saturated heterocycles. The molecule has 6 N–H and O–H groups in total. The van der Waals surface area contributed by atoms with E-state index in [0.717, 1.165) is 10.6 Å².